The minimum Gasteiger partial charge on any atom is -0.428 e. The molecule has 1 saturated heterocycles. The van der Waals surface area contributed by atoms with E-state index in [1.54, 1.807) is 6.07 Å². The van der Waals surface area contributed by atoms with Crippen molar-refractivity contribution in [2.75, 3.05) is 13.1 Å². The number of hydrogen-bond acceptors (Lipinski definition) is 4. The Morgan fingerprint density at radius 3 is 2.67 bits per heavy atom. The monoisotopic (exact) mass is 365 g/mol. The molecule has 4 rings (SSSR count). The highest BCUT2D eigenvalue weighted by atomic mass is 35.5. The Balaban J connectivity index is 1.35. The Morgan fingerprint density at radius 2 is 2.00 bits per heavy atom. The fourth-order valence-electron chi connectivity index (χ4n) is 3.52. The maximum absolute atomic E-state index is 12.7. The second kappa shape index (κ2) is 6.37. The molecule has 7 heteroatoms. The van der Waals surface area contributed by atoms with Crippen molar-refractivity contribution in [2.45, 2.75) is 31.1 Å². The summed E-state index contributed by atoms with van der Waals surface area (Å²) >= 11 is 12.0. The fourth-order valence-corrected chi connectivity index (χ4v) is 3.83. The topological polar surface area (TPSA) is 59.2 Å². The third-order valence-electron chi connectivity index (χ3n) is 5.01. The van der Waals surface area contributed by atoms with Crippen molar-refractivity contribution in [3.05, 3.63) is 46.1 Å². The van der Waals surface area contributed by atoms with E-state index in [0.29, 0.717) is 15.9 Å². The van der Waals surface area contributed by atoms with Gasteiger partial charge in [0.15, 0.2) is 0 Å². The van der Waals surface area contributed by atoms with E-state index < -0.39 is 0 Å². The third-order valence-corrected chi connectivity index (χ3v) is 5.75. The first-order valence-corrected chi connectivity index (χ1v) is 8.89. The third kappa shape index (κ3) is 3.03. The molecule has 1 aliphatic heterocycles. The van der Waals surface area contributed by atoms with Crippen molar-refractivity contribution in [1.29, 1.82) is 0 Å². The fraction of sp³-hybridized carbons (Fsp3) is 0.471. The molecule has 0 radical (unpaired) electrons. The van der Waals surface area contributed by atoms with Gasteiger partial charge in [-0.15, -0.1) is 10.2 Å². The summed E-state index contributed by atoms with van der Waals surface area (Å²) < 4.78 is 5.28. The number of amides is 1. The van der Waals surface area contributed by atoms with Gasteiger partial charge in [-0.3, -0.25) is 4.79 Å². The molecule has 1 aromatic carbocycles. The molecule has 2 atom stereocenters. The SMILES string of the molecule is O=C([C@H]1C[C@@H]1c1ccc(Cl)c(Cl)c1)N1CCC(c2nnco2)CC1. The molecule has 0 N–H and O–H groups in total. The van der Waals surface area contributed by atoms with Gasteiger partial charge in [0, 0.05) is 24.9 Å². The minimum absolute atomic E-state index is 0.0715. The van der Waals surface area contributed by atoms with Gasteiger partial charge in [0.05, 0.1) is 10.0 Å². The lowest BCUT2D eigenvalue weighted by molar-refractivity contribution is -0.133. The van der Waals surface area contributed by atoms with Crippen LogP contribution in [0.2, 0.25) is 10.0 Å². The quantitative estimate of drug-likeness (QED) is 0.827. The Labute approximate surface area is 149 Å². The highest BCUT2D eigenvalue weighted by molar-refractivity contribution is 6.42. The summed E-state index contributed by atoms with van der Waals surface area (Å²) in [4.78, 5) is 14.7. The molecule has 1 aromatic heterocycles. The van der Waals surface area contributed by atoms with Crippen LogP contribution in [0.25, 0.3) is 0 Å². The van der Waals surface area contributed by atoms with Crippen molar-refractivity contribution in [1.82, 2.24) is 15.1 Å². The minimum atomic E-state index is 0.0715. The van der Waals surface area contributed by atoms with E-state index in [-0.39, 0.29) is 23.7 Å². The average molecular weight is 366 g/mol. The van der Waals surface area contributed by atoms with Gasteiger partial charge in [0.2, 0.25) is 18.2 Å². The number of carbonyl (C=O) groups excluding carboxylic acids is 1. The summed E-state index contributed by atoms with van der Waals surface area (Å²) in [5, 5.41) is 8.81. The van der Waals surface area contributed by atoms with Gasteiger partial charge in [0.1, 0.15) is 0 Å². The summed E-state index contributed by atoms with van der Waals surface area (Å²) in [7, 11) is 0. The predicted molar refractivity (Wildman–Crippen MR) is 90.2 cm³/mol. The van der Waals surface area contributed by atoms with Crippen molar-refractivity contribution >= 4 is 29.1 Å². The second-order valence-electron chi connectivity index (χ2n) is 6.50. The number of benzene rings is 1. The first-order chi connectivity index (χ1) is 11.6. The van der Waals surface area contributed by atoms with Crippen LogP contribution in [0.4, 0.5) is 0 Å². The van der Waals surface area contributed by atoms with Gasteiger partial charge in [-0.05, 0) is 42.9 Å². The van der Waals surface area contributed by atoms with Crippen molar-refractivity contribution < 1.29 is 9.21 Å². The molecule has 2 fully saturated rings. The van der Waals surface area contributed by atoms with Crippen LogP contribution >= 0.6 is 23.2 Å². The van der Waals surface area contributed by atoms with Gasteiger partial charge in [-0.1, -0.05) is 29.3 Å². The molecule has 5 nitrogen and oxygen atoms in total. The molecule has 0 unspecified atom stereocenters. The van der Waals surface area contributed by atoms with Crippen LogP contribution in [0, 0.1) is 5.92 Å². The number of halogens is 2. The van der Waals surface area contributed by atoms with Gasteiger partial charge in [-0.2, -0.15) is 0 Å². The number of nitrogens with zero attached hydrogens (tertiary/aromatic N) is 3. The molecule has 0 spiro atoms. The van der Waals surface area contributed by atoms with Crippen molar-refractivity contribution in [2.24, 2.45) is 5.92 Å². The maximum atomic E-state index is 12.7. The number of rotatable bonds is 3. The van der Waals surface area contributed by atoms with E-state index >= 15 is 0 Å². The van der Waals surface area contributed by atoms with Crippen LogP contribution in [-0.4, -0.2) is 34.1 Å². The molecule has 2 aromatic rings. The first-order valence-electron chi connectivity index (χ1n) is 8.13. The Hall–Kier alpha value is -1.59. The van der Waals surface area contributed by atoms with E-state index in [0.717, 1.165) is 37.9 Å². The zero-order chi connectivity index (χ0) is 16.7. The number of aromatic nitrogens is 2. The number of hydrogen-bond donors (Lipinski definition) is 0. The summed E-state index contributed by atoms with van der Waals surface area (Å²) in [6.07, 6.45) is 4.00. The lowest BCUT2D eigenvalue weighted by Gasteiger charge is -2.30. The van der Waals surface area contributed by atoms with Gasteiger partial charge < -0.3 is 9.32 Å². The summed E-state index contributed by atoms with van der Waals surface area (Å²) in [5.74, 6) is 1.53. The second-order valence-corrected chi connectivity index (χ2v) is 7.31. The van der Waals surface area contributed by atoms with Crippen LogP contribution in [0.3, 0.4) is 0 Å². The zero-order valence-electron chi connectivity index (χ0n) is 13.0. The van der Waals surface area contributed by atoms with Crippen LogP contribution in [0.5, 0.6) is 0 Å². The van der Waals surface area contributed by atoms with Crippen molar-refractivity contribution in [3.63, 3.8) is 0 Å². The molecule has 1 amide bonds. The van der Waals surface area contributed by atoms with Crippen LogP contribution in [0.1, 0.15) is 42.6 Å². The van der Waals surface area contributed by atoms with Gasteiger partial charge >= 0.3 is 0 Å². The van der Waals surface area contributed by atoms with Crippen LogP contribution < -0.4 is 0 Å². The van der Waals surface area contributed by atoms with E-state index in [1.165, 1.54) is 6.39 Å². The Bertz CT molecular complexity index is 742. The zero-order valence-corrected chi connectivity index (χ0v) is 14.5. The van der Waals surface area contributed by atoms with Gasteiger partial charge in [0.25, 0.3) is 0 Å². The number of likely N-dealkylation sites (tertiary alicyclic amines) is 1. The van der Waals surface area contributed by atoms with Crippen LogP contribution in [-0.2, 0) is 4.79 Å². The lowest BCUT2D eigenvalue weighted by Crippen LogP contribution is -2.39. The molecule has 126 valence electrons. The molecule has 0 bridgehead atoms. The van der Waals surface area contributed by atoms with E-state index in [1.807, 2.05) is 17.0 Å². The lowest BCUT2D eigenvalue weighted by atomic mass is 9.96. The van der Waals surface area contributed by atoms with Crippen molar-refractivity contribution in [3.8, 4) is 0 Å². The predicted octanol–water partition coefficient (Wildman–Crippen LogP) is 3.89. The van der Waals surface area contributed by atoms with E-state index in [9.17, 15) is 4.79 Å². The molecular formula is C17H17Cl2N3O2. The average Bonchev–Trinajstić information content (AvgIpc) is 3.21. The summed E-state index contributed by atoms with van der Waals surface area (Å²) in [6.45, 7) is 1.49. The maximum Gasteiger partial charge on any atom is 0.226 e. The molecule has 2 heterocycles. The summed E-state index contributed by atoms with van der Waals surface area (Å²) in [5.41, 5.74) is 1.10. The smallest absolute Gasteiger partial charge is 0.226 e. The van der Waals surface area contributed by atoms with Crippen LogP contribution in [0.15, 0.2) is 29.0 Å². The summed E-state index contributed by atoms with van der Waals surface area (Å²) in [6, 6.07) is 5.65. The normalized spacial score (nSPS) is 24.2. The standard InChI is InChI=1S/C17H17Cl2N3O2/c18-14-2-1-11(7-15(14)19)12-8-13(12)17(23)22-5-3-10(4-6-22)16-21-20-9-24-16/h1-2,7,9-10,12-13H,3-6,8H2/t12-,13+/m1/s1. The molecule has 1 saturated carbocycles. The largest absolute Gasteiger partial charge is 0.428 e. The molecule has 24 heavy (non-hydrogen) atoms. The number of carbonyl (C=O) groups is 1. The van der Waals surface area contributed by atoms with E-state index in [4.69, 9.17) is 27.6 Å². The first kappa shape index (κ1) is 15.9. The molecule has 2 aliphatic rings. The highest BCUT2D eigenvalue weighted by Gasteiger charge is 2.46. The van der Waals surface area contributed by atoms with Gasteiger partial charge in [-0.25, -0.2) is 0 Å². The molecular weight excluding hydrogens is 349 g/mol. The highest BCUT2D eigenvalue weighted by Crippen LogP contribution is 2.49. The van der Waals surface area contributed by atoms with E-state index in [2.05, 4.69) is 10.2 Å². The Kier molecular flexibility index (Phi) is 4.22. The number of piperidine rings is 1. The molecule has 1 aliphatic carbocycles. The Morgan fingerprint density at radius 1 is 1.21 bits per heavy atom.